The quantitative estimate of drug-likeness (QED) is 0.805. The molecule has 3 nitrogen and oxygen atoms in total. The third kappa shape index (κ3) is 3.26. The van der Waals surface area contributed by atoms with Crippen molar-refractivity contribution < 1.29 is 0 Å². The molecule has 0 aliphatic rings. The number of imidazole rings is 1. The van der Waals surface area contributed by atoms with E-state index in [0.29, 0.717) is 12.1 Å². The Morgan fingerprint density at radius 1 is 1.40 bits per heavy atom. The summed E-state index contributed by atoms with van der Waals surface area (Å²) < 4.78 is 2.20. The van der Waals surface area contributed by atoms with E-state index in [-0.39, 0.29) is 0 Å². The fourth-order valence-electron chi connectivity index (χ4n) is 1.74. The molecule has 1 atom stereocenters. The van der Waals surface area contributed by atoms with Crippen molar-refractivity contribution >= 4 is 5.95 Å². The molecule has 1 aromatic heterocycles. The van der Waals surface area contributed by atoms with Crippen molar-refractivity contribution in [3.63, 3.8) is 0 Å². The molecule has 0 fully saturated rings. The molecule has 0 aromatic carbocycles. The van der Waals surface area contributed by atoms with E-state index < -0.39 is 0 Å². The molecular weight excluding hydrogens is 186 g/mol. The van der Waals surface area contributed by atoms with Gasteiger partial charge in [0.25, 0.3) is 0 Å². The average Bonchev–Trinajstić information content (AvgIpc) is 2.47. The zero-order valence-corrected chi connectivity index (χ0v) is 10.5. The van der Waals surface area contributed by atoms with Gasteiger partial charge >= 0.3 is 0 Å². The molecule has 1 N–H and O–H groups in total. The van der Waals surface area contributed by atoms with Gasteiger partial charge in [-0.15, -0.1) is 0 Å². The lowest BCUT2D eigenvalue weighted by Gasteiger charge is -2.17. The van der Waals surface area contributed by atoms with Crippen LogP contribution in [0.5, 0.6) is 0 Å². The summed E-state index contributed by atoms with van der Waals surface area (Å²) >= 11 is 0. The smallest absolute Gasteiger partial charge is 0.203 e. The summed E-state index contributed by atoms with van der Waals surface area (Å²) in [6.07, 6.45) is 4.49. The van der Waals surface area contributed by atoms with Gasteiger partial charge in [-0.25, -0.2) is 4.98 Å². The van der Waals surface area contributed by atoms with Crippen molar-refractivity contribution in [1.29, 1.82) is 0 Å². The molecular formula is C12H23N3. The lowest BCUT2D eigenvalue weighted by atomic mass is 10.2. The molecule has 1 unspecified atom stereocenters. The minimum atomic E-state index is 0.461. The fraction of sp³-hybridized carbons (Fsp3) is 0.750. The summed E-state index contributed by atoms with van der Waals surface area (Å²) in [6.45, 7) is 10.8. The highest BCUT2D eigenvalue weighted by Gasteiger charge is 2.10. The van der Waals surface area contributed by atoms with Gasteiger partial charge in [-0.1, -0.05) is 13.3 Å². The molecule has 0 saturated heterocycles. The number of nitrogens with one attached hydrogen (secondary N) is 1. The molecule has 0 bridgehead atoms. The Kier molecular flexibility index (Phi) is 4.18. The molecule has 0 saturated carbocycles. The summed E-state index contributed by atoms with van der Waals surface area (Å²) in [4.78, 5) is 4.51. The topological polar surface area (TPSA) is 29.9 Å². The summed E-state index contributed by atoms with van der Waals surface area (Å²) in [5.41, 5.74) is 1.08. The van der Waals surface area contributed by atoms with Crippen molar-refractivity contribution in [2.24, 2.45) is 0 Å². The highest BCUT2D eigenvalue weighted by molar-refractivity contribution is 5.30. The number of anilines is 1. The van der Waals surface area contributed by atoms with Crippen LogP contribution >= 0.6 is 0 Å². The maximum atomic E-state index is 4.51. The number of aryl methyl sites for hydroxylation is 1. The number of hydrogen-bond acceptors (Lipinski definition) is 2. The van der Waals surface area contributed by atoms with Crippen LogP contribution in [0.25, 0.3) is 0 Å². The van der Waals surface area contributed by atoms with E-state index in [1.165, 1.54) is 12.8 Å². The predicted octanol–water partition coefficient (Wildman–Crippen LogP) is 3.37. The zero-order valence-electron chi connectivity index (χ0n) is 10.5. The number of nitrogens with zero attached hydrogens (tertiary/aromatic N) is 2. The van der Waals surface area contributed by atoms with Crippen LogP contribution in [0.15, 0.2) is 6.20 Å². The van der Waals surface area contributed by atoms with Crippen molar-refractivity contribution in [2.75, 3.05) is 5.32 Å². The summed E-state index contributed by atoms with van der Waals surface area (Å²) in [6, 6.07) is 0.955. The molecule has 3 heteroatoms. The third-order valence-corrected chi connectivity index (χ3v) is 2.51. The second-order valence-corrected chi connectivity index (χ2v) is 4.54. The Morgan fingerprint density at radius 3 is 2.60 bits per heavy atom. The van der Waals surface area contributed by atoms with Crippen LogP contribution in [0.4, 0.5) is 5.95 Å². The van der Waals surface area contributed by atoms with E-state index in [1.807, 2.05) is 6.92 Å². The maximum Gasteiger partial charge on any atom is 0.203 e. The molecule has 1 aromatic rings. The van der Waals surface area contributed by atoms with Crippen molar-refractivity contribution in [1.82, 2.24) is 9.55 Å². The Labute approximate surface area is 92.9 Å². The molecule has 0 aliphatic carbocycles. The Balaban J connectivity index is 2.75. The van der Waals surface area contributed by atoms with E-state index >= 15 is 0 Å². The minimum absolute atomic E-state index is 0.461. The van der Waals surface area contributed by atoms with Gasteiger partial charge in [0.05, 0.1) is 5.69 Å². The lowest BCUT2D eigenvalue weighted by Crippen LogP contribution is -2.18. The first kappa shape index (κ1) is 12.1. The number of hydrogen-bond donors (Lipinski definition) is 1. The molecule has 0 amide bonds. The Morgan fingerprint density at radius 2 is 2.07 bits per heavy atom. The fourth-order valence-corrected chi connectivity index (χ4v) is 1.74. The van der Waals surface area contributed by atoms with Gasteiger partial charge in [0.2, 0.25) is 5.95 Å². The highest BCUT2D eigenvalue weighted by atomic mass is 15.2. The van der Waals surface area contributed by atoms with Crippen molar-refractivity contribution in [2.45, 2.75) is 59.5 Å². The Hall–Kier alpha value is -0.990. The van der Waals surface area contributed by atoms with Gasteiger partial charge in [0.1, 0.15) is 0 Å². The largest absolute Gasteiger partial charge is 0.353 e. The van der Waals surface area contributed by atoms with Crippen LogP contribution in [-0.4, -0.2) is 15.6 Å². The minimum Gasteiger partial charge on any atom is -0.353 e. The van der Waals surface area contributed by atoms with Crippen LogP contribution < -0.4 is 5.32 Å². The van der Waals surface area contributed by atoms with Crippen LogP contribution in [0.2, 0.25) is 0 Å². The van der Waals surface area contributed by atoms with Crippen molar-refractivity contribution in [3.8, 4) is 0 Å². The van der Waals surface area contributed by atoms with Gasteiger partial charge in [-0.05, 0) is 34.1 Å². The van der Waals surface area contributed by atoms with Crippen molar-refractivity contribution in [3.05, 3.63) is 11.9 Å². The SMILES string of the molecule is CCCC(C)Nc1nc(C)cn1C(C)C. The molecule has 0 spiro atoms. The van der Waals surface area contributed by atoms with E-state index in [9.17, 15) is 0 Å². The zero-order chi connectivity index (χ0) is 11.4. The summed E-state index contributed by atoms with van der Waals surface area (Å²) in [5.74, 6) is 1.00. The van der Waals surface area contributed by atoms with E-state index in [2.05, 4.69) is 48.8 Å². The number of aromatic nitrogens is 2. The van der Waals surface area contributed by atoms with Crippen LogP contribution in [-0.2, 0) is 0 Å². The highest BCUT2D eigenvalue weighted by Crippen LogP contribution is 2.16. The molecule has 0 radical (unpaired) electrons. The van der Waals surface area contributed by atoms with Gasteiger partial charge in [-0.3, -0.25) is 0 Å². The third-order valence-electron chi connectivity index (χ3n) is 2.51. The standard InChI is InChI=1S/C12H23N3/c1-6-7-10(4)13-12-14-11(5)8-15(12)9(2)3/h8-10H,6-7H2,1-5H3,(H,13,14). The lowest BCUT2D eigenvalue weighted by molar-refractivity contribution is 0.592. The van der Waals surface area contributed by atoms with Gasteiger partial charge in [0.15, 0.2) is 0 Å². The normalized spacial score (nSPS) is 13.2. The second kappa shape index (κ2) is 5.19. The van der Waals surface area contributed by atoms with Crippen LogP contribution in [0.1, 0.15) is 52.3 Å². The molecule has 1 rings (SSSR count). The van der Waals surface area contributed by atoms with E-state index in [0.717, 1.165) is 11.6 Å². The molecule has 0 aliphatic heterocycles. The molecule has 86 valence electrons. The first-order valence-corrected chi connectivity index (χ1v) is 5.86. The number of rotatable bonds is 5. The van der Waals surface area contributed by atoms with Gasteiger partial charge in [0, 0.05) is 18.3 Å². The first-order chi connectivity index (χ1) is 7.04. The van der Waals surface area contributed by atoms with Crippen LogP contribution in [0.3, 0.4) is 0 Å². The molecule has 15 heavy (non-hydrogen) atoms. The van der Waals surface area contributed by atoms with E-state index in [1.54, 1.807) is 0 Å². The first-order valence-electron chi connectivity index (χ1n) is 5.86. The molecule has 1 heterocycles. The van der Waals surface area contributed by atoms with E-state index in [4.69, 9.17) is 0 Å². The average molecular weight is 209 g/mol. The van der Waals surface area contributed by atoms with Gasteiger partial charge < -0.3 is 9.88 Å². The summed E-state index contributed by atoms with van der Waals surface area (Å²) in [5, 5.41) is 3.47. The van der Waals surface area contributed by atoms with Gasteiger partial charge in [-0.2, -0.15) is 0 Å². The monoisotopic (exact) mass is 209 g/mol. The summed E-state index contributed by atoms with van der Waals surface area (Å²) in [7, 11) is 0. The predicted molar refractivity (Wildman–Crippen MR) is 65.3 cm³/mol. The Bertz CT molecular complexity index is 302. The second-order valence-electron chi connectivity index (χ2n) is 4.54. The maximum absolute atomic E-state index is 4.51. The van der Waals surface area contributed by atoms with Crippen LogP contribution in [0, 0.1) is 6.92 Å².